The number of nitrogens with zero attached hydrogens (tertiary/aromatic N) is 1. The molecule has 5 heteroatoms. The molecule has 0 radical (unpaired) electrons. The van der Waals surface area contributed by atoms with Crippen LogP contribution in [0.25, 0.3) is 0 Å². The molecular weight excluding hydrogens is 261 g/mol. The first kappa shape index (κ1) is 13.1. The Kier molecular flexibility index (Phi) is 3.93. The van der Waals surface area contributed by atoms with E-state index >= 15 is 0 Å². The Balaban J connectivity index is 1.88. The van der Waals surface area contributed by atoms with Crippen LogP contribution in [0, 0.1) is 0 Å². The molecule has 0 N–H and O–H groups in total. The van der Waals surface area contributed by atoms with E-state index in [1.165, 1.54) is 0 Å². The molecule has 94 valence electrons. The number of pyridine rings is 1. The van der Waals surface area contributed by atoms with E-state index in [1.807, 2.05) is 19.9 Å². The normalized spacial score (nSPS) is 22.9. The van der Waals surface area contributed by atoms with Crippen LogP contribution in [0.2, 0.25) is 10.2 Å². The van der Waals surface area contributed by atoms with Gasteiger partial charge in [-0.25, -0.2) is 4.98 Å². The van der Waals surface area contributed by atoms with Gasteiger partial charge in [0.1, 0.15) is 5.15 Å². The largest absolute Gasteiger partial charge is 0.348 e. The minimum atomic E-state index is -0.458. The zero-order chi connectivity index (χ0) is 12.5. The summed E-state index contributed by atoms with van der Waals surface area (Å²) in [5.74, 6) is -0.458. The molecule has 1 aliphatic heterocycles. The van der Waals surface area contributed by atoms with Gasteiger partial charge in [-0.1, -0.05) is 23.2 Å². The predicted octanol–water partition coefficient (Wildman–Crippen LogP) is 3.47. The molecule has 0 saturated carbocycles. The number of aryl methyl sites for hydroxylation is 1. The number of halogens is 2. The SMILES string of the molecule is CC1(C)OCC(CCc2cnc(Cl)c(Cl)c2)O1. The molecule has 1 fully saturated rings. The highest BCUT2D eigenvalue weighted by molar-refractivity contribution is 6.41. The molecule has 1 saturated heterocycles. The fraction of sp³-hybridized carbons (Fsp3) is 0.583. The number of ether oxygens (including phenoxy) is 2. The molecule has 0 aromatic carbocycles. The van der Waals surface area contributed by atoms with Gasteiger partial charge in [-0.05, 0) is 38.3 Å². The Morgan fingerprint density at radius 2 is 2.24 bits per heavy atom. The van der Waals surface area contributed by atoms with Gasteiger partial charge in [-0.3, -0.25) is 0 Å². The zero-order valence-corrected chi connectivity index (χ0v) is 11.4. The summed E-state index contributed by atoms with van der Waals surface area (Å²) in [6.07, 6.45) is 3.63. The highest BCUT2D eigenvalue weighted by atomic mass is 35.5. The van der Waals surface area contributed by atoms with E-state index in [0.717, 1.165) is 18.4 Å². The van der Waals surface area contributed by atoms with Crippen molar-refractivity contribution >= 4 is 23.2 Å². The number of rotatable bonds is 3. The average molecular weight is 276 g/mol. The van der Waals surface area contributed by atoms with Crippen molar-refractivity contribution in [1.29, 1.82) is 0 Å². The van der Waals surface area contributed by atoms with Crippen molar-refractivity contribution in [3.8, 4) is 0 Å². The molecule has 3 nitrogen and oxygen atoms in total. The molecule has 1 aromatic heterocycles. The summed E-state index contributed by atoms with van der Waals surface area (Å²) in [5, 5.41) is 0.838. The van der Waals surface area contributed by atoms with Crippen LogP contribution in [-0.2, 0) is 15.9 Å². The van der Waals surface area contributed by atoms with Crippen LogP contribution in [0.5, 0.6) is 0 Å². The van der Waals surface area contributed by atoms with Crippen molar-refractivity contribution in [2.75, 3.05) is 6.61 Å². The Labute approximate surface area is 111 Å². The Morgan fingerprint density at radius 3 is 2.82 bits per heavy atom. The molecule has 1 aliphatic rings. The van der Waals surface area contributed by atoms with E-state index in [1.54, 1.807) is 6.20 Å². The maximum Gasteiger partial charge on any atom is 0.163 e. The van der Waals surface area contributed by atoms with E-state index in [2.05, 4.69) is 4.98 Å². The molecule has 2 rings (SSSR count). The first-order chi connectivity index (χ1) is 7.96. The number of hydrogen-bond acceptors (Lipinski definition) is 3. The Bertz CT molecular complexity index is 409. The van der Waals surface area contributed by atoms with Crippen molar-refractivity contribution in [3.05, 3.63) is 28.0 Å². The average Bonchev–Trinajstić information content (AvgIpc) is 2.60. The molecule has 0 spiro atoms. The van der Waals surface area contributed by atoms with Crippen molar-refractivity contribution in [1.82, 2.24) is 4.98 Å². The third-order valence-electron chi connectivity index (χ3n) is 2.68. The highest BCUT2D eigenvalue weighted by Gasteiger charge is 2.32. The second-order valence-corrected chi connectivity index (χ2v) is 5.37. The van der Waals surface area contributed by atoms with Gasteiger partial charge in [0.15, 0.2) is 5.79 Å². The molecule has 1 aromatic rings. The van der Waals surface area contributed by atoms with E-state index in [-0.39, 0.29) is 6.10 Å². The van der Waals surface area contributed by atoms with E-state index in [4.69, 9.17) is 32.7 Å². The van der Waals surface area contributed by atoms with Gasteiger partial charge in [-0.2, -0.15) is 0 Å². The summed E-state index contributed by atoms with van der Waals surface area (Å²) in [6, 6.07) is 1.85. The van der Waals surface area contributed by atoms with Crippen LogP contribution in [0.15, 0.2) is 12.3 Å². The van der Waals surface area contributed by atoms with Crippen LogP contribution in [-0.4, -0.2) is 23.5 Å². The lowest BCUT2D eigenvalue weighted by Crippen LogP contribution is -2.21. The van der Waals surface area contributed by atoms with Gasteiger partial charge in [-0.15, -0.1) is 0 Å². The highest BCUT2D eigenvalue weighted by Crippen LogP contribution is 2.26. The lowest BCUT2D eigenvalue weighted by atomic mass is 10.1. The quantitative estimate of drug-likeness (QED) is 0.792. The molecule has 0 bridgehead atoms. The fourth-order valence-corrected chi connectivity index (χ4v) is 2.12. The van der Waals surface area contributed by atoms with Crippen molar-refractivity contribution in [2.45, 2.75) is 38.6 Å². The van der Waals surface area contributed by atoms with Crippen LogP contribution in [0.4, 0.5) is 0 Å². The Hall–Kier alpha value is -0.350. The molecule has 17 heavy (non-hydrogen) atoms. The Morgan fingerprint density at radius 1 is 1.47 bits per heavy atom. The third-order valence-corrected chi connectivity index (χ3v) is 3.36. The lowest BCUT2D eigenvalue weighted by Gasteiger charge is -2.17. The van der Waals surface area contributed by atoms with Gasteiger partial charge in [0.05, 0.1) is 17.7 Å². The summed E-state index contributed by atoms with van der Waals surface area (Å²) < 4.78 is 11.2. The van der Waals surface area contributed by atoms with Crippen molar-refractivity contribution in [3.63, 3.8) is 0 Å². The van der Waals surface area contributed by atoms with E-state index < -0.39 is 5.79 Å². The first-order valence-corrected chi connectivity index (χ1v) is 6.33. The molecule has 2 heterocycles. The van der Waals surface area contributed by atoms with Crippen LogP contribution in [0.3, 0.4) is 0 Å². The smallest absolute Gasteiger partial charge is 0.163 e. The maximum atomic E-state index is 5.90. The van der Waals surface area contributed by atoms with E-state index in [0.29, 0.717) is 16.8 Å². The lowest BCUT2D eigenvalue weighted by molar-refractivity contribution is -0.138. The van der Waals surface area contributed by atoms with Crippen molar-refractivity contribution in [2.24, 2.45) is 0 Å². The minimum Gasteiger partial charge on any atom is -0.348 e. The third kappa shape index (κ3) is 3.55. The van der Waals surface area contributed by atoms with Gasteiger partial charge in [0.25, 0.3) is 0 Å². The summed E-state index contributed by atoms with van der Waals surface area (Å²) in [5.41, 5.74) is 1.06. The van der Waals surface area contributed by atoms with Crippen LogP contribution in [0.1, 0.15) is 25.8 Å². The molecule has 0 amide bonds. The second kappa shape index (κ2) is 5.11. The topological polar surface area (TPSA) is 31.4 Å². The minimum absolute atomic E-state index is 0.138. The first-order valence-electron chi connectivity index (χ1n) is 5.58. The summed E-state index contributed by atoms with van der Waals surface area (Å²) in [4.78, 5) is 4.01. The monoisotopic (exact) mass is 275 g/mol. The molecular formula is C12H15Cl2NO2. The number of aromatic nitrogens is 1. The number of hydrogen-bond donors (Lipinski definition) is 0. The van der Waals surface area contributed by atoms with Gasteiger partial charge >= 0.3 is 0 Å². The summed E-state index contributed by atoms with van der Waals surface area (Å²) >= 11 is 11.7. The fourth-order valence-electron chi connectivity index (χ4n) is 1.83. The van der Waals surface area contributed by atoms with Crippen molar-refractivity contribution < 1.29 is 9.47 Å². The van der Waals surface area contributed by atoms with Crippen LogP contribution >= 0.6 is 23.2 Å². The summed E-state index contributed by atoms with van der Waals surface area (Å²) in [6.45, 7) is 4.49. The van der Waals surface area contributed by atoms with Gasteiger partial charge < -0.3 is 9.47 Å². The molecule has 0 aliphatic carbocycles. The van der Waals surface area contributed by atoms with E-state index in [9.17, 15) is 0 Å². The maximum absolute atomic E-state index is 5.90. The predicted molar refractivity (Wildman–Crippen MR) is 67.5 cm³/mol. The molecule has 1 atom stereocenters. The molecule has 1 unspecified atom stereocenters. The van der Waals surface area contributed by atoms with Crippen LogP contribution < -0.4 is 0 Å². The summed E-state index contributed by atoms with van der Waals surface area (Å²) in [7, 11) is 0. The second-order valence-electron chi connectivity index (χ2n) is 4.61. The zero-order valence-electron chi connectivity index (χ0n) is 9.87. The standard InChI is InChI=1S/C12H15Cl2NO2/c1-12(2)16-7-9(17-12)4-3-8-5-10(13)11(14)15-6-8/h5-6,9H,3-4,7H2,1-2H3. The van der Waals surface area contributed by atoms with Gasteiger partial charge in [0.2, 0.25) is 0 Å². The van der Waals surface area contributed by atoms with Gasteiger partial charge in [0, 0.05) is 6.20 Å².